The maximum Gasteiger partial charge on any atom is 0.416 e. The lowest BCUT2D eigenvalue weighted by Gasteiger charge is -2.13. The molecule has 1 saturated heterocycles. The van der Waals surface area contributed by atoms with E-state index in [1.807, 2.05) is 0 Å². The molecule has 1 aromatic carbocycles. The maximum atomic E-state index is 12.8. The third kappa shape index (κ3) is 3.34. The normalized spacial score (nSPS) is 22.1. The number of hydrogen-bond acceptors (Lipinski definition) is 4. The fourth-order valence-electron chi connectivity index (χ4n) is 2.88. The van der Waals surface area contributed by atoms with Gasteiger partial charge in [0, 0.05) is 32.6 Å². The van der Waals surface area contributed by atoms with Crippen LogP contribution in [-0.2, 0) is 19.8 Å². The molecule has 8 heteroatoms. The van der Waals surface area contributed by atoms with Gasteiger partial charge in [0.1, 0.15) is 5.82 Å². The van der Waals surface area contributed by atoms with E-state index in [2.05, 4.69) is 15.6 Å². The first-order valence-electron chi connectivity index (χ1n) is 7.48. The Kier molecular flexibility index (Phi) is 4.31. The van der Waals surface area contributed by atoms with Gasteiger partial charge in [0.15, 0.2) is 0 Å². The molecule has 3 rings (SSSR count). The van der Waals surface area contributed by atoms with Crippen LogP contribution in [0.15, 0.2) is 18.2 Å². The summed E-state index contributed by atoms with van der Waals surface area (Å²) in [7, 11) is 1.78. The predicted octanol–water partition coefficient (Wildman–Crippen LogP) is 1.26. The third-order valence-corrected chi connectivity index (χ3v) is 4.29. The lowest BCUT2D eigenvalue weighted by molar-refractivity contribution is -0.137. The zero-order valence-electron chi connectivity index (χ0n) is 12.7. The Bertz CT molecular complexity index is 698. The van der Waals surface area contributed by atoms with Crippen molar-refractivity contribution in [2.75, 3.05) is 19.6 Å². The second-order valence-electron chi connectivity index (χ2n) is 5.90. The van der Waals surface area contributed by atoms with Gasteiger partial charge in [0.25, 0.3) is 0 Å². The number of β-amino-alcohol motifs (C(OH)–C–C–N with tert-alkyl or cyclic N) is 1. The number of alkyl halides is 3. The maximum absolute atomic E-state index is 12.8. The van der Waals surface area contributed by atoms with Crippen LogP contribution in [0, 0.1) is 5.92 Å². The van der Waals surface area contributed by atoms with Crippen LogP contribution in [0.1, 0.15) is 11.4 Å². The van der Waals surface area contributed by atoms with Crippen LogP contribution in [0.2, 0.25) is 0 Å². The molecule has 2 heterocycles. The third-order valence-electron chi connectivity index (χ3n) is 4.29. The number of imidazole rings is 1. The summed E-state index contributed by atoms with van der Waals surface area (Å²) in [6.45, 7) is 2.42. The molecule has 2 unspecified atom stereocenters. The van der Waals surface area contributed by atoms with Gasteiger partial charge in [-0.2, -0.15) is 13.2 Å². The van der Waals surface area contributed by atoms with E-state index < -0.39 is 11.7 Å². The number of aliphatic hydroxyl groups is 1. The quantitative estimate of drug-likeness (QED) is 0.791. The van der Waals surface area contributed by atoms with Gasteiger partial charge in [0.05, 0.1) is 29.2 Å². The van der Waals surface area contributed by atoms with Crippen LogP contribution < -0.4 is 10.6 Å². The van der Waals surface area contributed by atoms with E-state index in [0.717, 1.165) is 18.7 Å². The summed E-state index contributed by atoms with van der Waals surface area (Å²) in [5, 5.41) is 16.1. The number of benzene rings is 1. The van der Waals surface area contributed by atoms with Crippen LogP contribution in [0.3, 0.4) is 0 Å². The van der Waals surface area contributed by atoms with Crippen molar-refractivity contribution in [3.05, 3.63) is 29.6 Å². The molecule has 126 valence electrons. The Balaban J connectivity index is 1.72. The first kappa shape index (κ1) is 16.2. The summed E-state index contributed by atoms with van der Waals surface area (Å²) in [5.74, 6) is 0.807. The summed E-state index contributed by atoms with van der Waals surface area (Å²) in [6, 6.07) is 3.59. The van der Waals surface area contributed by atoms with Gasteiger partial charge in [-0.05, 0) is 18.2 Å². The van der Waals surface area contributed by atoms with Crippen molar-refractivity contribution in [1.29, 1.82) is 0 Å². The summed E-state index contributed by atoms with van der Waals surface area (Å²) in [4.78, 5) is 4.29. The Morgan fingerprint density at radius 1 is 1.39 bits per heavy atom. The van der Waals surface area contributed by atoms with Crippen molar-refractivity contribution >= 4 is 11.0 Å². The average molecular weight is 328 g/mol. The molecule has 0 amide bonds. The standard InChI is InChI=1S/C15H19F3N4O/c1-22-12-3-2-10(15(16,17)18)4-11(12)21-14(22)8-20-6-9-5-19-7-13(9)23/h2-4,9,13,19-20,23H,5-8H2,1H3. The number of nitrogens with zero attached hydrogens (tertiary/aromatic N) is 2. The average Bonchev–Trinajstić information content (AvgIpc) is 3.03. The van der Waals surface area contributed by atoms with E-state index in [-0.39, 0.29) is 12.0 Å². The second kappa shape index (κ2) is 6.10. The number of nitrogens with one attached hydrogen (secondary N) is 2. The smallest absolute Gasteiger partial charge is 0.391 e. The van der Waals surface area contributed by atoms with E-state index in [9.17, 15) is 18.3 Å². The Morgan fingerprint density at radius 2 is 2.17 bits per heavy atom. The summed E-state index contributed by atoms with van der Waals surface area (Å²) < 4.78 is 40.1. The number of aromatic nitrogens is 2. The number of aryl methyl sites for hydroxylation is 1. The fraction of sp³-hybridized carbons (Fsp3) is 0.533. The molecule has 2 atom stereocenters. The number of hydrogen-bond donors (Lipinski definition) is 3. The second-order valence-corrected chi connectivity index (χ2v) is 5.90. The van der Waals surface area contributed by atoms with E-state index in [0.29, 0.717) is 36.5 Å². The first-order valence-corrected chi connectivity index (χ1v) is 7.48. The minimum atomic E-state index is -4.37. The zero-order valence-corrected chi connectivity index (χ0v) is 12.7. The lowest BCUT2D eigenvalue weighted by atomic mass is 10.1. The van der Waals surface area contributed by atoms with Gasteiger partial charge in [-0.25, -0.2) is 4.98 Å². The largest absolute Gasteiger partial charge is 0.416 e. The number of aliphatic hydroxyl groups excluding tert-OH is 1. The Hall–Kier alpha value is -1.64. The van der Waals surface area contributed by atoms with E-state index in [1.54, 1.807) is 11.6 Å². The molecular weight excluding hydrogens is 309 g/mol. The van der Waals surface area contributed by atoms with Crippen molar-refractivity contribution in [3.63, 3.8) is 0 Å². The summed E-state index contributed by atoms with van der Waals surface area (Å²) >= 11 is 0. The van der Waals surface area contributed by atoms with Crippen molar-refractivity contribution in [3.8, 4) is 0 Å². The van der Waals surface area contributed by atoms with Crippen molar-refractivity contribution in [1.82, 2.24) is 20.2 Å². The molecule has 0 saturated carbocycles. The van der Waals surface area contributed by atoms with Gasteiger partial charge >= 0.3 is 6.18 Å². The zero-order chi connectivity index (χ0) is 16.6. The van der Waals surface area contributed by atoms with Gasteiger partial charge in [-0.15, -0.1) is 0 Å². The Labute approximate surface area is 131 Å². The minimum absolute atomic E-state index is 0.140. The molecule has 0 aliphatic carbocycles. The molecule has 1 aliphatic heterocycles. The van der Waals surface area contributed by atoms with Gasteiger partial charge in [0.2, 0.25) is 0 Å². The van der Waals surface area contributed by atoms with E-state index >= 15 is 0 Å². The van der Waals surface area contributed by atoms with Crippen molar-refractivity contribution in [2.24, 2.45) is 13.0 Å². The molecule has 23 heavy (non-hydrogen) atoms. The molecular formula is C15H19F3N4O. The molecule has 0 radical (unpaired) electrons. The summed E-state index contributed by atoms with van der Waals surface area (Å²) in [5.41, 5.74) is 0.307. The highest BCUT2D eigenvalue weighted by atomic mass is 19.4. The monoisotopic (exact) mass is 328 g/mol. The number of rotatable bonds is 4. The summed E-state index contributed by atoms with van der Waals surface area (Å²) in [6.07, 6.45) is -4.73. The minimum Gasteiger partial charge on any atom is -0.391 e. The first-order chi connectivity index (χ1) is 10.9. The Morgan fingerprint density at radius 3 is 2.83 bits per heavy atom. The lowest BCUT2D eigenvalue weighted by Crippen LogP contribution is -2.30. The van der Waals surface area contributed by atoms with E-state index in [4.69, 9.17) is 0 Å². The molecule has 2 aromatic rings. The van der Waals surface area contributed by atoms with E-state index in [1.165, 1.54) is 6.07 Å². The molecule has 5 nitrogen and oxygen atoms in total. The molecule has 1 fully saturated rings. The molecule has 3 N–H and O–H groups in total. The highest BCUT2D eigenvalue weighted by Crippen LogP contribution is 2.31. The highest BCUT2D eigenvalue weighted by Gasteiger charge is 2.31. The van der Waals surface area contributed by atoms with Crippen LogP contribution in [0.25, 0.3) is 11.0 Å². The number of fused-ring (bicyclic) bond motifs is 1. The van der Waals surface area contributed by atoms with Crippen molar-refractivity contribution in [2.45, 2.75) is 18.8 Å². The molecule has 1 aromatic heterocycles. The predicted molar refractivity (Wildman–Crippen MR) is 79.8 cm³/mol. The van der Waals surface area contributed by atoms with Gasteiger partial charge in [-0.3, -0.25) is 0 Å². The van der Waals surface area contributed by atoms with Gasteiger partial charge in [-0.1, -0.05) is 0 Å². The van der Waals surface area contributed by atoms with Crippen LogP contribution in [0.5, 0.6) is 0 Å². The van der Waals surface area contributed by atoms with Gasteiger partial charge < -0.3 is 20.3 Å². The SMILES string of the molecule is Cn1c(CNCC2CNCC2O)nc2cc(C(F)(F)F)ccc21. The van der Waals surface area contributed by atoms with Crippen LogP contribution >= 0.6 is 0 Å². The fourth-order valence-corrected chi connectivity index (χ4v) is 2.88. The number of halogens is 3. The topological polar surface area (TPSA) is 62.1 Å². The van der Waals surface area contributed by atoms with Crippen LogP contribution in [0.4, 0.5) is 13.2 Å². The molecule has 0 bridgehead atoms. The highest BCUT2D eigenvalue weighted by molar-refractivity contribution is 5.77. The molecule has 1 aliphatic rings. The van der Waals surface area contributed by atoms with Crippen molar-refractivity contribution < 1.29 is 18.3 Å². The van der Waals surface area contributed by atoms with Crippen LogP contribution in [-0.4, -0.2) is 40.4 Å². The molecule has 0 spiro atoms.